The predicted octanol–water partition coefficient (Wildman–Crippen LogP) is 2.88. The van der Waals surface area contributed by atoms with Crippen molar-refractivity contribution in [1.82, 2.24) is 15.1 Å². The molecule has 0 spiro atoms. The number of hydrogen-bond donors (Lipinski definition) is 1. The van der Waals surface area contributed by atoms with Crippen LogP contribution in [0.2, 0.25) is 0 Å². The summed E-state index contributed by atoms with van der Waals surface area (Å²) in [5, 5.41) is 3.02. The summed E-state index contributed by atoms with van der Waals surface area (Å²) in [4.78, 5) is 29.2. The summed E-state index contributed by atoms with van der Waals surface area (Å²) < 4.78 is 16.2. The van der Waals surface area contributed by atoms with Crippen LogP contribution in [0.4, 0.5) is 0 Å². The Morgan fingerprint density at radius 2 is 1.68 bits per heavy atom. The van der Waals surface area contributed by atoms with E-state index in [0.717, 1.165) is 24.2 Å². The van der Waals surface area contributed by atoms with Gasteiger partial charge in [-0.25, -0.2) is 0 Å². The molecular weight excluding hydrogens is 434 g/mol. The number of para-hydroxylation sites is 2. The van der Waals surface area contributed by atoms with Crippen LogP contribution >= 0.6 is 0 Å². The van der Waals surface area contributed by atoms with Gasteiger partial charge in [-0.3, -0.25) is 9.59 Å². The van der Waals surface area contributed by atoms with Crippen LogP contribution < -0.4 is 19.5 Å². The molecule has 2 aromatic carbocycles. The normalized spacial score (nSPS) is 13.8. The molecule has 0 bridgehead atoms. The molecule has 1 N–H and O–H groups in total. The van der Waals surface area contributed by atoms with Gasteiger partial charge in [0, 0.05) is 25.6 Å². The minimum atomic E-state index is -0.120. The molecule has 1 unspecified atom stereocenters. The number of ether oxygens (including phenoxy) is 3. The first kappa shape index (κ1) is 25.4. The van der Waals surface area contributed by atoms with Crippen molar-refractivity contribution in [2.45, 2.75) is 31.3 Å². The number of rotatable bonds is 13. The third-order valence-corrected chi connectivity index (χ3v) is 5.92. The molecule has 1 atom stereocenters. The van der Waals surface area contributed by atoms with E-state index in [1.54, 1.807) is 31.3 Å². The van der Waals surface area contributed by atoms with E-state index in [0.29, 0.717) is 24.6 Å². The number of carbonyl (C=O) groups is 2. The van der Waals surface area contributed by atoms with Gasteiger partial charge in [0.15, 0.2) is 18.1 Å². The number of nitrogens with zero attached hydrogens (tertiary/aromatic N) is 2. The van der Waals surface area contributed by atoms with Gasteiger partial charge in [0.25, 0.3) is 5.91 Å². The molecule has 8 heteroatoms. The van der Waals surface area contributed by atoms with Gasteiger partial charge in [0.2, 0.25) is 5.91 Å². The monoisotopic (exact) mass is 469 g/mol. The molecule has 0 radical (unpaired) electrons. The Labute approximate surface area is 201 Å². The van der Waals surface area contributed by atoms with Crippen LogP contribution in [0.3, 0.4) is 0 Å². The molecule has 2 aromatic rings. The molecule has 1 aliphatic rings. The summed E-state index contributed by atoms with van der Waals surface area (Å²) in [6, 6.07) is 15.3. The second-order valence-corrected chi connectivity index (χ2v) is 8.56. The van der Waals surface area contributed by atoms with Crippen LogP contribution in [0, 0.1) is 0 Å². The lowest BCUT2D eigenvalue weighted by Crippen LogP contribution is -2.40. The molecule has 3 rings (SSSR count). The zero-order valence-corrected chi connectivity index (χ0v) is 20.5. The van der Waals surface area contributed by atoms with Crippen molar-refractivity contribution in [3.8, 4) is 17.2 Å². The van der Waals surface area contributed by atoms with Crippen molar-refractivity contribution < 1.29 is 23.8 Å². The highest BCUT2D eigenvalue weighted by molar-refractivity contribution is 5.80. The minimum absolute atomic E-state index is 0.0327. The Morgan fingerprint density at radius 3 is 2.26 bits per heavy atom. The van der Waals surface area contributed by atoms with E-state index in [1.807, 2.05) is 50.5 Å². The van der Waals surface area contributed by atoms with Gasteiger partial charge >= 0.3 is 0 Å². The van der Waals surface area contributed by atoms with Gasteiger partial charge in [0.1, 0.15) is 5.75 Å². The molecule has 34 heavy (non-hydrogen) atoms. The fourth-order valence-corrected chi connectivity index (χ4v) is 3.80. The summed E-state index contributed by atoms with van der Waals surface area (Å²) in [6.07, 6.45) is 2.17. The fourth-order valence-electron chi connectivity index (χ4n) is 3.80. The zero-order chi connectivity index (χ0) is 24.5. The maximum Gasteiger partial charge on any atom is 0.260 e. The highest BCUT2D eigenvalue weighted by Crippen LogP contribution is 2.29. The Morgan fingerprint density at radius 1 is 1.00 bits per heavy atom. The second kappa shape index (κ2) is 12.3. The Kier molecular flexibility index (Phi) is 9.16. The molecule has 0 heterocycles. The van der Waals surface area contributed by atoms with Crippen molar-refractivity contribution in [1.29, 1.82) is 0 Å². The van der Waals surface area contributed by atoms with Crippen LogP contribution in [-0.4, -0.2) is 75.7 Å². The van der Waals surface area contributed by atoms with Gasteiger partial charge in [-0.1, -0.05) is 24.3 Å². The van der Waals surface area contributed by atoms with E-state index >= 15 is 0 Å². The number of carbonyl (C=O) groups excluding carboxylic acids is 2. The second-order valence-electron chi connectivity index (χ2n) is 8.56. The number of methoxy groups -OCH3 is 2. The highest BCUT2D eigenvalue weighted by atomic mass is 16.5. The fraction of sp³-hybridized carbons (Fsp3) is 0.462. The van der Waals surface area contributed by atoms with E-state index in [-0.39, 0.29) is 36.9 Å². The maximum atomic E-state index is 12.8. The Hall–Kier alpha value is -3.26. The average molecular weight is 470 g/mol. The van der Waals surface area contributed by atoms with Crippen molar-refractivity contribution in [2.75, 3.05) is 48.0 Å². The minimum Gasteiger partial charge on any atom is -0.497 e. The van der Waals surface area contributed by atoms with Crippen molar-refractivity contribution in [3.63, 3.8) is 0 Å². The van der Waals surface area contributed by atoms with Gasteiger partial charge in [-0.05, 0) is 56.8 Å². The summed E-state index contributed by atoms with van der Waals surface area (Å²) >= 11 is 0. The van der Waals surface area contributed by atoms with Crippen LogP contribution in [0.1, 0.15) is 30.9 Å². The van der Waals surface area contributed by atoms with E-state index in [9.17, 15) is 9.59 Å². The van der Waals surface area contributed by atoms with Crippen LogP contribution in [0.25, 0.3) is 0 Å². The smallest absolute Gasteiger partial charge is 0.260 e. The van der Waals surface area contributed by atoms with E-state index in [4.69, 9.17) is 14.2 Å². The highest BCUT2D eigenvalue weighted by Gasteiger charge is 2.33. The first-order valence-corrected chi connectivity index (χ1v) is 11.5. The topological polar surface area (TPSA) is 80.3 Å². The quantitative estimate of drug-likeness (QED) is 0.486. The number of amides is 2. The lowest BCUT2D eigenvalue weighted by atomic mass is 10.1. The lowest BCUT2D eigenvalue weighted by molar-refractivity contribution is -0.134. The zero-order valence-electron chi connectivity index (χ0n) is 20.5. The third kappa shape index (κ3) is 7.12. The number of nitrogens with one attached hydrogen (secondary N) is 1. The number of likely N-dealkylation sites (N-methyl/N-ethyl adjacent to an activating group) is 1. The lowest BCUT2D eigenvalue weighted by Gasteiger charge is -2.26. The summed E-state index contributed by atoms with van der Waals surface area (Å²) in [6.45, 7) is 0.769. The average Bonchev–Trinajstić information content (AvgIpc) is 3.68. The Balaban J connectivity index is 1.49. The van der Waals surface area contributed by atoms with Gasteiger partial charge in [-0.2, -0.15) is 0 Å². The van der Waals surface area contributed by atoms with Crippen molar-refractivity contribution >= 4 is 11.8 Å². The predicted molar refractivity (Wildman–Crippen MR) is 130 cm³/mol. The molecule has 8 nitrogen and oxygen atoms in total. The summed E-state index contributed by atoms with van der Waals surface area (Å²) in [5.41, 5.74) is 1.09. The molecule has 1 saturated carbocycles. The Bertz CT molecular complexity index is 944. The van der Waals surface area contributed by atoms with Crippen molar-refractivity contribution in [2.24, 2.45) is 0 Å². The van der Waals surface area contributed by atoms with Gasteiger partial charge < -0.3 is 29.3 Å². The molecule has 0 aromatic heterocycles. The van der Waals surface area contributed by atoms with Gasteiger partial charge in [-0.15, -0.1) is 0 Å². The van der Waals surface area contributed by atoms with Crippen LogP contribution in [0.5, 0.6) is 17.2 Å². The van der Waals surface area contributed by atoms with Crippen LogP contribution in [-0.2, 0) is 9.59 Å². The van der Waals surface area contributed by atoms with E-state index < -0.39 is 0 Å². The van der Waals surface area contributed by atoms with Crippen molar-refractivity contribution in [3.05, 3.63) is 54.1 Å². The molecule has 184 valence electrons. The van der Waals surface area contributed by atoms with Gasteiger partial charge in [0.05, 0.1) is 20.3 Å². The number of benzene rings is 2. The molecular formula is C26H35N3O5. The molecule has 2 amide bonds. The first-order valence-electron chi connectivity index (χ1n) is 11.5. The molecule has 0 aliphatic heterocycles. The standard InChI is InChI=1S/C26H35N3O5/c1-28(2)22(19-9-13-21(32-3)14-10-19)17-27-25(30)15-16-29(20-11-12-20)26(31)18-34-24-8-6-5-7-23(24)33-4/h5-10,13-14,20,22H,11-12,15-18H2,1-4H3,(H,27,30). The molecule has 0 saturated heterocycles. The largest absolute Gasteiger partial charge is 0.497 e. The van der Waals surface area contributed by atoms with E-state index in [2.05, 4.69) is 10.2 Å². The van der Waals surface area contributed by atoms with E-state index in [1.165, 1.54) is 0 Å². The number of hydrogen-bond acceptors (Lipinski definition) is 6. The molecule has 1 fully saturated rings. The summed E-state index contributed by atoms with van der Waals surface area (Å²) in [7, 11) is 7.17. The maximum absolute atomic E-state index is 12.8. The molecule has 1 aliphatic carbocycles. The SMILES string of the molecule is COc1ccc(C(CNC(=O)CCN(C(=O)COc2ccccc2OC)C2CC2)N(C)C)cc1. The van der Waals surface area contributed by atoms with Crippen LogP contribution in [0.15, 0.2) is 48.5 Å². The summed E-state index contributed by atoms with van der Waals surface area (Å²) in [5.74, 6) is 1.71. The first-order chi connectivity index (χ1) is 16.4. The third-order valence-electron chi connectivity index (χ3n) is 5.92.